The van der Waals surface area contributed by atoms with Gasteiger partial charge in [-0.05, 0) is 57.0 Å². The van der Waals surface area contributed by atoms with Gasteiger partial charge in [0.1, 0.15) is 0 Å². The molecule has 0 heterocycles. The van der Waals surface area contributed by atoms with Crippen LogP contribution in [0.5, 0.6) is 11.5 Å². The lowest BCUT2D eigenvalue weighted by molar-refractivity contribution is 0.198. The molecule has 6 heteroatoms. The van der Waals surface area contributed by atoms with Crippen molar-refractivity contribution in [3.05, 3.63) is 59.2 Å². The molecule has 0 bridgehead atoms. The van der Waals surface area contributed by atoms with Crippen molar-refractivity contribution < 1.29 is 9.47 Å². The first-order chi connectivity index (χ1) is 15.1. The third-order valence-corrected chi connectivity index (χ3v) is 5.59. The van der Waals surface area contributed by atoms with Gasteiger partial charge in [0.2, 0.25) is 0 Å². The third-order valence-electron chi connectivity index (χ3n) is 5.59. The van der Waals surface area contributed by atoms with Crippen LogP contribution in [0.3, 0.4) is 0 Å². The van der Waals surface area contributed by atoms with Gasteiger partial charge in [-0.15, -0.1) is 0 Å². The van der Waals surface area contributed by atoms with Crippen LogP contribution in [0, 0.1) is 0 Å². The number of benzene rings is 2. The van der Waals surface area contributed by atoms with Crippen molar-refractivity contribution in [2.75, 3.05) is 28.3 Å². The number of methoxy groups -OCH3 is 1. The van der Waals surface area contributed by atoms with Gasteiger partial charge in [0.15, 0.2) is 17.5 Å². The molecule has 0 amide bonds. The van der Waals surface area contributed by atoms with E-state index >= 15 is 0 Å². The zero-order chi connectivity index (χ0) is 22.1. The Morgan fingerprint density at radius 1 is 0.968 bits per heavy atom. The van der Waals surface area contributed by atoms with Crippen molar-refractivity contribution in [3.63, 3.8) is 0 Å². The summed E-state index contributed by atoms with van der Waals surface area (Å²) in [6, 6.07) is 14.6. The largest absolute Gasteiger partial charge is 0.493 e. The van der Waals surface area contributed by atoms with Crippen molar-refractivity contribution in [2.45, 2.75) is 51.4 Å². The Labute approximate surface area is 186 Å². The molecule has 6 nitrogen and oxygen atoms in total. The summed E-state index contributed by atoms with van der Waals surface area (Å²) in [5, 5.41) is 6.86. The molecule has 1 aliphatic rings. The van der Waals surface area contributed by atoms with E-state index in [1.54, 1.807) is 14.2 Å². The first-order valence-corrected chi connectivity index (χ1v) is 11.1. The van der Waals surface area contributed by atoms with E-state index in [0.717, 1.165) is 42.4 Å². The molecule has 3 rings (SSSR count). The molecule has 2 aromatic rings. The smallest absolute Gasteiger partial charge is 0.191 e. The topological polar surface area (TPSA) is 58.1 Å². The maximum Gasteiger partial charge on any atom is 0.191 e. The van der Waals surface area contributed by atoms with Crippen molar-refractivity contribution in [2.24, 2.45) is 4.99 Å². The molecule has 2 aromatic carbocycles. The first kappa shape index (κ1) is 22.9. The Morgan fingerprint density at radius 3 is 2.26 bits per heavy atom. The van der Waals surface area contributed by atoms with Crippen LogP contribution in [0.1, 0.15) is 42.4 Å². The molecule has 0 unspecified atom stereocenters. The molecule has 1 fully saturated rings. The van der Waals surface area contributed by atoms with Crippen molar-refractivity contribution >= 4 is 5.96 Å². The summed E-state index contributed by atoms with van der Waals surface area (Å²) in [6.45, 7) is 2.24. The highest BCUT2D eigenvalue weighted by atomic mass is 16.5. The molecule has 1 saturated carbocycles. The predicted molar refractivity (Wildman–Crippen MR) is 127 cm³/mol. The average Bonchev–Trinajstić information content (AvgIpc) is 3.28. The van der Waals surface area contributed by atoms with E-state index in [2.05, 4.69) is 65.0 Å². The lowest BCUT2D eigenvalue weighted by atomic mass is 10.1. The molecule has 0 spiro atoms. The van der Waals surface area contributed by atoms with Gasteiger partial charge in [0, 0.05) is 32.2 Å². The van der Waals surface area contributed by atoms with Crippen LogP contribution in [0.25, 0.3) is 0 Å². The molecule has 0 radical (unpaired) electrons. The van der Waals surface area contributed by atoms with Crippen LogP contribution in [-0.2, 0) is 19.6 Å². The van der Waals surface area contributed by atoms with Crippen LogP contribution in [-0.4, -0.2) is 45.2 Å². The van der Waals surface area contributed by atoms with Gasteiger partial charge in [0.25, 0.3) is 0 Å². The SMILES string of the molecule is CN=C(NCc1ccccc1CN(C)C)NCc1cccc(OC)c1OC1CCCC1. The highest BCUT2D eigenvalue weighted by Crippen LogP contribution is 2.34. The number of nitrogens with one attached hydrogen (secondary N) is 2. The molecule has 0 atom stereocenters. The Hall–Kier alpha value is -2.73. The number of hydrogen-bond donors (Lipinski definition) is 2. The fourth-order valence-electron chi connectivity index (χ4n) is 3.97. The number of aliphatic imine (C=N–C) groups is 1. The molecule has 2 N–H and O–H groups in total. The minimum absolute atomic E-state index is 0.278. The van der Waals surface area contributed by atoms with Crippen molar-refractivity contribution in [1.29, 1.82) is 0 Å². The van der Waals surface area contributed by atoms with Gasteiger partial charge in [-0.25, -0.2) is 0 Å². The van der Waals surface area contributed by atoms with Crippen LogP contribution < -0.4 is 20.1 Å². The molecule has 0 aromatic heterocycles. The predicted octanol–water partition coefficient (Wildman–Crippen LogP) is 3.94. The second-order valence-corrected chi connectivity index (χ2v) is 8.26. The van der Waals surface area contributed by atoms with E-state index in [9.17, 15) is 0 Å². The number of guanidine groups is 1. The fraction of sp³-hybridized carbons (Fsp3) is 0.480. The highest BCUT2D eigenvalue weighted by molar-refractivity contribution is 5.79. The zero-order valence-electron chi connectivity index (χ0n) is 19.3. The Kier molecular flexibility index (Phi) is 8.59. The summed E-state index contributed by atoms with van der Waals surface area (Å²) in [7, 11) is 7.66. The molecular weight excluding hydrogens is 388 g/mol. The fourth-order valence-corrected chi connectivity index (χ4v) is 3.97. The summed E-state index contributed by atoms with van der Waals surface area (Å²) in [5.41, 5.74) is 3.66. The third kappa shape index (κ3) is 6.62. The lowest BCUT2D eigenvalue weighted by Gasteiger charge is -2.20. The van der Waals surface area contributed by atoms with Gasteiger partial charge in [0.05, 0.1) is 13.2 Å². The van der Waals surface area contributed by atoms with Crippen LogP contribution in [0.15, 0.2) is 47.5 Å². The lowest BCUT2D eigenvalue weighted by Crippen LogP contribution is -2.36. The summed E-state index contributed by atoms with van der Waals surface area (Å²) >= 11 is 0. The minimum atomic E-state index is 0.278. The van der Waals surface area contributed by atoms with Gasteiger partial charge >= 0.3 is 0 Å². The minimum Gasteiger partial charge on any atom is -0.493 e. The standard InChI is InChI=1S/C25H36N4O2/c1-26-25(27-16-19-10-5-6-11-21(19)18-29(2)3)28-17-20-12-9-15-23(30-4)24(20)31-22-13-7-8-14-22/h5-6,9-12,15,22H,7-8,13-14,16-18H2,1-4H3,(H2,26,27,28). The van der Waals surface area contributed by atoms with Gasteiger partial charge < -0.3 is 25.0 Å². The van der Waals surface area contributed by atoms with Crippen LogP contribution in [0.4, 0.5) is 0 Å². The van der Waals surface area contributed by atoms with E-state index in [4.69, 9.17) is 9.47 Å². The van der Waals surface area contributed by atoms with Crippen LogP contribution in [0.2, 0.25) is 0 Å². The highest BCUT2D eigenvalue weighted by Gasteiger charge is 2.20. The summed E-state index contributed by atoms with van der Waals surface area (Å²) in [6.07, 6.45) is 4.97. The number of para-hydroxylation sites is 1. The molecular formula is C25H36N4O2. The molecule has 31 heavy (non-hydrogen) atoms. The normalized spacial score (nSPS) is 14.7. The Morgan fingerprint density at radius 2 is 1.61 bits per heavy atom. The Bertz CT molecular complexity index is 860. The average molecular weight is 425 g/mol. The maximum absolute atomic E-state index is 6.35. The number of rotatable bonds is 9. The summed E-state index contributed by atoms with van der Waals surface area (Å²) in [5.74, 6) is 2.39. The zero-order valence-corrected chi connectivity index (χ0v) is 19.3. The van der Waals surface area contributed by atoms with Crippen LogP contribution >= 0.6 is 0 Å². The monoisotopic (exact) mass is 424 g/mol. The quantitative estimate of drug-likeness (QED) is 0.472. The van der Waals surface area contributed by atoms with E-state index < -0.39 is 0 Å². The second-order valence-electron chi connectivity index (χ2n) is 8.26. The molecule has 1 aliphatic carbocycles. The van der Waals surface area contributed by atoms with Gasteiger partial charge in [-0.3, -0.25) is 4.99 Å². The maximum atomic E-state index is 6.35. The van der Waals surface area contributed by atoms with Crippen molar-refractivity contribution in [1.82, 2.24) is 15.5 Å². The van der Waals surface area contributed by atoms with Crippen molar-refractivity contribution in [3.8, 4) is 11.5 Å². The second kappa shape index (κ2) is 11.6. The van der Waals surface area contributed by atoms with Gasteiger partial charge in [-0.2, -0.15) is 0 Å². The Balaban J connectivity index is 1.63. The summed E-state index contributed by atoms with van der Waals surface area (Å²) in [4.78, 5) is 6.58. The molecule has 168 valence electrons. The van der Waals surface area contributed by atoms with E-state index in [1.807, 2.05) is 12.1 Å². The van der Waals surface area contributed by atoms with E-state index in [0.29, 0.717) is 13.1 Å². The summed E-state index contributed by atoms with van der Waals surface area (Å²) < 4.78 is 11.9. The van der Waals surface area contributed by atoms with E-state index in [-0.39, 0.29) is 6.10 Å². The van der Waals surface area contributed by atoms with E-state index in [1.165, 1.54) is 24.0 Å². The molecule has 0 aliphatic heterocycles. The number of nitrogens with zero attached hydrogens (tertiary/aromatic N) is 2. The number of ether oxygens (including phenoxy) is 2. The molecule has 0 saturated heterocycles. The first-order valence-electron chi connectivity index (χ1n) is 11.1. The van der Waals surface area contributed by atoms with Gasteiger partial charge in [-0.1, -0.05) is 36.4 Å². The number of hydrogen-bond acceptors (Lipinski definition) is 4.